The highest BCUT2D eigenvalue weighted by atomic mass is 35.5. The third-order valence-electron chi connectivity index (χ3n) is 3.80. The molecule has 1 aliphatic rings. The third-order valence-corrected chi connectivity index (χ3v) is 5.65. The molecule has 0 spiro atoms. The summed E-state index contributed by atoms with van der Waals surface area (Å²) in [5, 5.41) is 11.6. The fourth-order valence-electron chi connectivity index (χ4n) is 2.47. The average molecular weight is 397 g/mol. The minimum Gasteiger partial charge on any atom is -0.480 e. The molecule has 26 heavy (non-hydrogen) atoms. The molecule has 3 rings (SSSR count). The zero-order valence-electron chi connectivity index (χ0n) is 14.0. The van der Waals surface area contributed by atoms with E-state index in [1.807, 2.05) is 30.3 Å². The number of benzene rings is 2. The van der Waals surface area contributed by atoms with Gasteiger partial charge in [0, 0.05) is 18.5 Å². The Kier molecular flexibility index (Phi) is 7.59. The topological polar surface area (TPSA) is 95.5 Å². The van der Waals surface area contributed by atoms with Crippen molar-refractivity contribution in [2.24, 2.45) is 0 Å². The van der Waals surface area contributed by atoms with Crippen LogP contribution in [0.3, 0.4) is 0 Å². The van der Waals surface area contributed by atoms with Gasteiger partial charge in [0.1, 0.15) is 6.04 Å². The molecule has 0 amide bonds. The van der Waals surface area contributed by atoms with Gasteiger partial charge in [-0.3, -0.25) is 4.79 Å². The van der Waals surface area contributed by atoms with Gasteiger partial charge in [-0.15, -0.1) is 11.6 Å². The normalized spacial score (nSPS) is 19.4. The van der Waals surface area contributed by atoms with E-state index in [1.165, 1.54) is 17.7 Å². The molecule has 0 radical (unpaired) electrons. The lowest BCUT2D eigenvalue weighted by Gasteiger charge is -2.11. The van der Waals surface area contributed by atoms with E-state index in [4.69, 9.17) is 16.7 Å². The van der Waals surface area contributed by atoms with Crippen molar-refractivity contribution in [2.45, 2.75) is 29.3 Å². The highest BCUT2D eigenvalue weighted by molar-refractivity contribution is 7.89. The molecule has 1 heterocycles. The summed E-state index contributed by atoms with van der Waals surface area (Å²) >= 11 is 5.53. The van der Waals surface area contributed by atoms with Crippen LogP contribution < -0.4 is 10.0 Å². The Morgan fingerprint density at radius 2 is 1.69 bits per heavy atom. The Balaban J connectivity index is 0.000000254. The van der Waals surface area contributed by atoms with Gasteiger partial charge in [0.25, 0.3) is 0 Å². The van der Waals surface area contributed by atoms with Crippen LogP contribution >= 0.6 is 11.6 Å². The maximum atomic E-state index is 12.0. The van der Waals surface area contributed by atoms with Crippen molar-refractivity contribution >= 4 is 27.6 Å². The molecule has 0 saturated carbocycles. The van der Waals surface area contributed by atoms with Crippen molar-refractivity contribution in [2.75, 3.05) is 6.54 Å². The summed E-state index contributed by atoms with van der Waals surface area (Å²) in [4.78, 5) is 10.9. The van der Waals surface area contributed by atoms with Gasteiger partial charge in [-0.25, -0.2) is 13.1 Å². The molecule has 3 N–H and O–H groups in total. The summed E-state index contributed by atoms with van der Waals surface area (Å²) in [5.74, 6) is -0.350. The number of halogens is 1. The van der Waals surface area contributed by atoms with Crippen LogP contribution in [0.4, 0.5) is 0 Å². The zero-order valence-corrected chi connectivity index (χ0v) is 15.6. The number of rotatable bonds is 5. The Morgan fingerprint density at radius 3 is 2.15 bits per heavy atom. The lowest BCUT2D eigenvalue weighted by Crippen LogP contribution is -2.36. The second kappa shape index (κ2) is 9.68. The maximum Gasteiger partial charge on any atom is 0.320 e. The predicted molar refractivity (Wildman–Crippen MR) is 101 cm³/mol. The molecular weight excluding hydrogens is 376 g/mol. The summed E-state index contributed by atoms with van der Waals surface area (Å²) in [5.41, 5.74) is 1.18. The standard InChI is InChI=1S/C11H14N2O4S.C7H7Cl/c14-11(15)10-6-8(7-12-10)13-18(16,17)9-4-2-1-3-5-9;8-6-7-4-2-1-3-5-7/h1-5,8,10,12-13H,6-7H2,(H,14,15);1-5H,6H2/t8-,10+;/m0./s1. The number of nitrogens with one attached hydrogen (secondary N) is 2. The lowest BCUT2D eigenvalue weighted by atomic mass is 10.2. The summed E-state index contributed by atoms with van der Waals surface area (Å²) in [6, 6.07) is 16.9. The summed E-state index contributed by atoms with van der Waals surface area (Å²) in [7, 11) is -3.58. The van der Waals surface area contributed by atoms with Crippen molar-refractivity contribution in [3.8, 4) is 0 Å². The van der Waals surface area contributed by atoms with Gasteiger partial charge in [0.05, 0.1) is 4.90 Å². The Bertz CT molecular complexity index is 800. The third kappa shape index (κ3) is 6.10. The monoisotopic (exact) mass is 396 g/mol. The van der Waals surface area contributed by atoms with Gasteiger partial charge in [-0.1, -0.05) is 48.5 Å². The number of hydrogen-bond acceptors (Lipinski definition) is 4. The van der Waals surface area contributed by atoms with E-state index in [9.17, 15) is 13.2 Å². The second-order valence-corrected chi connectivity index (χ2v) is 7.77. The lowest BCUT2D eigenvalue weighted by molar-refractivity contribution is -0.139. The molecule has 140 valence electrons. The number of carboxylic acids is 1. The maximum absolute atomic E-state index is 12.0. The van der Waals surface area contributed by atoms with E-state index < -0.39 is 28.1 Å². The van der Waals surface area contributed by atoms with Crippen LogP contribution in [0, 0.1) is 0 Å². The number of aliphatic carboxylic acids is 1. The summed E-state index contributed by atoms with van der Waals surface area (Å²) < 4.78 is 26.5. The minimum atomic E-state index is -3.58. The summed E-state index contributed by atoms with van der Waals surface area (Å²) in [6.45, 7) is 0.322. The van der Waals surface area contributed by atoms with Gasteiger partial charge in [-0.05, 0) is 24.1 Å². The smallest absolute Gasteiger partial charge is 0.320 e. The fourth-order valence-corrected chi connectivity index (χ4v) is 3.92. The van der Waals surface area contributed by atoms with Gasteiger partial charge in [0.2, 0.25) is 10.0 Å². The average Bonchev–Trinajstić information content (AvgIpc) is 3.12. The molecule has 1 aliphatic heterocycles. The van der Waals surface area contributed by atoms with E-state index in [-0.39, 0.29) is 11.3 Å². The van der Waals surface area contributed by atoms with Crippen LogP contribution in [-0.2, 0) is 20.7 Å². The Hall–Kier alpha value is -1.93. The summed E-state index contributed by atoms with van der Waals surface area (Å²) in [6.07, 6.45) is 0.251. The van der Waals surface area contributed by atoms with E-state index in [1.54, 1.807) is 18.2 Å². The van der Waals surface area contributed by atoms with Crippen LogP contribution in [0.2, 0.25) is 0 Å². The zero-order chi connectivity index (χ0) is 19.0. The molecule has 1 saturated heterocycles. The first-order valence-corrected chi connectivity index (χ1v) is 10.1. The molecule has 0 aromatic heterocycles. The first-order valence-electron chi connectivity index (χ1n) is 8.06. The van der Waals surface area contributed by atoms with Crippen molar-refractivity contribution in [1.29, 1.82) is 0 Å². The number of hydrogen-bond donors (Lipinski definition) is 3. The van der Waals surface area contributed by atoms with Crippen molar-refractivity contribution in [3.63, 3.8) is 0 Å². The van der Waals surface area contributed by atoms with E-state index in [0.29, 0.717) is 12.4 Å². The van der Waals surface area contributed by atoms with Gasteiger partial charge < -0.3 is 10.4 Å². The second-order valence-electron chi connectivity index (χ2n) is 5.79. The molecule has 2 aromatic carbocycles. The van der Waals surface area contributed by atoms with Crippen LogP contribution in [-0.4, -0.2) is 38.1 Å². The van der Waals surface area contributed by atoms with E-state index >= 15 is 0 Å². The van der Waals surface area contributed by atoms with Crippen LogP contribution in [0.5, 0.6) is 0 Å². The first-order chi connectivity index (χ1) is 12.4. The van der Waals surface area contributed by atoms with E-state index in [2.05, 4.69) is 10.0 Å². The number of alkyl halides is 1. The highest BCUT2D eigenvalue weighted by Gasteiger charge is 2.31. The molecule has 2 atom stereocenters. The molecule has 0 aliphatic carbocycles. The Morgan fingerprint density at radius 1 is 1.12 bits per heavy atom. The molecule has 2 aromatic rings. The predicted octanol–water partition coefficient (Wildman–Crippen LogP) is 2.21. The highest BCUT2D eigenvalue weighted by Crippen LogP contribution is 2.12. The number of sulfonamides is 1. The molecule has 0 unspecified atom stereocenters. The van der Waals surface area contributed by atoms with Crippen LogP contribution in [0.1, 0.15) is 12.0 Å². The van der Waals surface area contributed by atoms with Gasteiger partial charge in [0.15, 0.2) is 0 Å². The fraction of sp³-hybridized carbons (Fsp3) is 0.278. The molecular formula is C18H21ClN2O4S. The van der Waals surface area contributed by atoms with Crippen molar-refractivity contribution in [1.82, 2.24) is 10.0 Å². The Labute approximate surface area is 158 Å². The SMILES string of the molecule is ClCc1ccccc1.O=C(O)[C@H]1C[C@H](NS(=O)(=O)c2ccccc2)CN1. The molecule has 1 fully saturated rings. The van der Waals surface area contributed by atoms with Crippen molar-refractivity contribution < 1.29 is 18.3 Å². The molecule has 0 bridgehead atoms. The minimum absolute atomic E-state index is 0.184. The number of carbonyl (C=O) groups is 1. The van der Waals surface area contributed by atoms with E-state index in [0.717, 1.165) is 0 Å². The molecule has 6 nitrogen and oxygen atoms in total. The van der Waals surface area contributed by atoms with Crippen LogP contribution in [0.25, 0.3) is 0 Å². The van der Waals surface area contributed by atoms with Gasteiger partial charge in [-0.2, -0.15) is 0 Å². The van der Waals surface area contributed by atoms with Crippen LogP contribution in [0.15, 0.2) is 65.6 Å². The largest absolute Gasteiger partial charge is 0.480 e. The van der Waals surface area contributed by atoms with Crippen molar-refractivity contribution in [3.05, 3.63) is 66.2 Å². The van der Waals surface area contributed by atoms with Gasteiger partial charge >= 0.3 is 5.97 Å². The first kappa shape index (κ1) is 20.4. The molecule has 8 heteroatoms. The quantitative estimate of drug-likeness (QED) is 0.673. The number of carboxylic acid groups (broad SMARTS) is 1.